The lowest BCUT2D eigenvalue weighted by Crippen LogP contribution is -2.47. The molecular weight excluding hydrogens is 204 g/mol. The first-order valence-electron chi connectivity index (χ1n) is 5.60. The summed E-state index contributed by atoms with van der Waals surface area (Å²) in [5, 5.41) is 0. The van der Waals surface area contributed by atoms with Crippen molar-refractivity contribution >= 4 is 5.91 Å². The molecule has 2 N–H and O–H groups in total. The van der Waals surface area contributed by atoms with Crippen LogP contribution >= 0.6 is 0 Å². The summed E-state index contributed by atoms with van der Waals surface area (Å²) >= 11 is 0. The number of hydrogen-bond acceptors (Lipinski definition) is 4. The summed E-state index contributed by atoms with van der Waals surface area (Å²) in [5.41, 5.74) is 6.09. The standard InChI is InChI=1S/C11H16N4O/c12-7-9-3-1-2-6-15(9)11(16)10-8-13-4-5-14-10/h4-5,8-9H,1-3,6-7,12H2/t9-/m0/s1. The Balaban J connectivity index is 2.14. The quantitative estimate of drug-likeness (QED) is 0.784. The molecule has 0 radical (unpaired) electrons. The molecule has 1 aliphatic heterocycles. The van der Waals surface area contributed by atoms with E-state index < -0.39 is 0 Å². The fourth-order valence-corrected chi connectivity index (χ4v) is 2.07. The molecule has 0 saturated carbocycles. The minimum atomic E-state index is -0.0525. The Hall–Kier alpha value is -1.49. The van der Waals surface area contributed by atoms with Crippen molar-refractivity contribution < 1.29 is 4.79 Å². The maximum Gasteiger partial charge on any atom is 0.274 e. The Morgan fingerprint density at radius 2 is 2.38 bits per heavy atom. The number of nitrogens with two attached hydrogens (primary N) is 1. The van der Waals surface area contributed by atoms with Gasteiger partial charge >= 0.3 is 0 Å². The molecule has 2 rings (SSSR count). The second-order valence-corrected chi connectivity index (χ2v) is 3.97. The number of carbonyl (C=O) groups excluding carboxylic acids is 1. The third-order valence-electron chi connectivity index (χ3n) is 2.94. The Morgan fingerprint density at radius 1 is 1.50 bits per heavy atom. The van der Waals surface area contributed by atoms with E-state index in [9.17, 15) is 4.79 Å². The van der Waals surface area contributed by atoms with Crippen molar-refractivity contribution in [3.05, 3.63) is 24.3 Å². The van der Waals surface area contributed by atoms with Crippen molar-refractivity contribution in [2.45, 2.75) is 25.3 Å². The lowest BCUT2D eigenvalue weighted by molar-refractivity contribution is 0.0617. The summed E-state index contributed by atoms with van der Waals surface area (Å²) in [7, 11) is 0. The van der Waals surface area contributed by atoms with Crippen LogP contribution in [-0.4, -0.2) is 39.9 Å². The lowest BCUT2D eigenvalue weighted by Gasteiger charge is -2.34. The molecule has 1 aliphatic rings. The number of carbonyl (C=O) groups is 1. The van der Waals surface area contributed by atoms with Crippen molar-refractivity contribution in [1.82, 2.24) is 14.9 Å². The molecule has 0 spiro atoms. The predicted octanol–water partition coefficient (Wildman–Crippen LogP) is 0.430. The maximum atomic E-state index is 12.1. The number of nitrogens with zero attached hydrogens (tertiary/aromatic N) is 3. The van der Waals surface area contributed by atoms with Crippen LogP contribution in [0.15, 0.2) is 18.6 Å². The molecule has 16 heavy (non-hydrogen) atoms. The molecule has 1 aromatic heterocycles. The summed E-state index contributed by atoms with van der Waals surface area (Å²) in [6.45, 7) is 1.29. The van der Waals surface area contributed by atoms with Gasteiger partial charge < -0.3 is 10.6 Å². The minimum absolute atomic E-state index is 0.0525. The van der Waals surface area contributed by atoms with E-state index in [1.54, 1.807) is 6.20 Å². The molecule has 86 valence electrons. The van der Waals surface area contributed by atoms with Gasteiger partial charge in [-0.25, -0.2) is 4.98 Å². The van der Waals surface area contributed by atoms with E-state index in [0.717, 1.165) is 25.8 Å². The first-order valence-corrected chi connectivity index (χ1v) is 5.60. The average molecular weight is 220 g/mol. The van der Waals surface area contributed by atoms with Gasteiger partial charge in [0.2, 0.25) is 0 Å². The van der Waals surface area contributed by atoms with Crippen molar-refractivity contribution in [3.63, 3.8) is 0 Å². The Kier molecular flexibility index (Phi) is 3.46. The van der Waals surface area contributed by atoms with Crippen LogP contribution in [0.4, 0.5) is 0 Å². The highest BCUT2D eigenvalue weighted by atomic mass is 16.2. The zero-order valence-electron chi connectivity index (χ0n) is 9.17. The molecule has 5 heteroatoms. The molecule has 1 aromatic rings. The molecule has 1 fully saturated rings. The minimum Gasteiger partial charge on any atom is -0.333 e. The van der Waals surface area contributed by atoms with Gasteiger partial charge in [-0.15, -0.1) is 0 Å². The summed E-state index contributed by atoms with van der Waals surface area (Å²) in [6, 6.07) is 0.156. The molecule has 1 amide bonds. The van der Waals surface area contributed by atoms with Crippen LogP contribution in [0.1, 0.15) is 29.8 Å². The highest BCUT2D eigenvalue weighted by Gasteiger charge is 2.26. The van der Waals surface area contributed by atoms with E-state index in [-0.39, 0.29) is 11.9 Å². The number of piperidine rings is 1. The van der Waals surface area contributed by atoms with E-state index in [1.807, 2.05) is 4.90 Å². The van der Waals surface area contributed by atoms with E-state index in [1.165, 1.54) is 12.4 Å². The summed E-state index contributed by atoms with van der Waals surface area (Å²) < 4.78 is 0. The topological polar surface area (TPSA) is 72.1 Å². The van der Waals surface area contributed by atoms with Crippen LogP contribution in [0.25, 0.3) is 0 Å². The largest absolute Gasteiger partial charge is 0.333 e. The molecule has 1 atom stereocenters. The summed E-state index contributed by atoms with van der Waals surface area (Å²) in [5.74, 6) is -0.0525. The van der Waals surface area contributed by atoms with Crippen molar-refractivity contribution in [3.8, 4) is 0 Å². The SMILES string of the molecule is NC[C@@H]1CCCCN1C(=O)c1cnccn1. The second-order valence-electron chi connectivity index (χ2n) is 3.97. The van der Waals surface area contributed by atoms with Crippen LogP contribution in [0.2, 0.25) is 0 Å². The zero-order chi connectivity index (χ0) is 11.4. The van der Waals surface area contributed by atoms with Crippen LogP contribution in [0.3, 0.4) is 0 Å². The predicted molar refractivity (Wildman–Crippen MR) is 59.8 cm³/mol. The first kappa shape index (κ1) is 11.0. The van der Waals surface area contributed by atoms with Gasteiger partial charge in [0.1, 0.15) is 5.69 Å². The molecule has 1 saturated heterocycles. The first-order chi connectivity index (χ1) is 7.83. The molecule has 0 aromatic carbocycles. The highest BCUT2D eigenvalue weighted by Crippen LogP contribution is 2.17. The van der Waals surface area contributed by atoms with E-state index in [4.69, 9.17) is 5.73 Å². The third kappa shape index (κ3) is 2.19. The van der Waals surface area contributed by atoms with Gasteiger partial charge in [0, 0.05) is 31.5 Å². The number of amides is 1. The van der Waals surface area contributed by atoms with Gasteiger partial charge in [0.05, 0.1) is 6.20 Å². The zero-order valence-corrected chi connectivity index (χ0v) is 9.17. The van der Waals surface area contributed by atoms with Gasteiger partial charge in [-0.3, -0.25) is 9.78 Å². The van der Waals surface area contributed by atoms with E-state index >= 15 is 0 Å². The fourth-order valence-electron chi connectivity index (χ4n) is 2.07. The number of rotatable bonds is 2. The van der Waals surface area contributed by atoms with E-state index in [2.05, 4.69) is 9.97 Å². The van der Waals surface area contributed by atoms with Gasteiger partial charge in [0.25, 0.3) is 5.91 Å². The van der Waals surface area contributed by atoms with E-state index in [0.29, 0.717) is 12.2 Å². The average Bonchev–Trinajstić information content (AvgIpc) is 2.39. The third-order valence-corrected chi connectivity index (χ3v) is 2.94. The van der Waals surface area contributed by atoms with Crippen molar-refractivity contribution in [2.75, 3.05) is 13.1 Å². The number of hydrogen-bond donors (Lipinski definition) is 1. The number of likely N-dealkylation sites (tertiary alicyclic amines) is 1. The Labute approximate surface area is 94.7 Å². The molecule has 2 heterocycles. The lowest BCUT2D eigenvalue weighted by atomic mass is 10.0. The van der Waals surface area contributed by atoms with Gasteiger partial charge in [-0.2, -0.15) is 0 Å². The normalized spacial score (nSPS) is 20.8. The smallest absolute Gasteiger partial charge is 0.274 e. The van der Waals surface area contributed by atoms with Crippen LogP contribution in [0.5, 0.6) is 0 Å². The molecule has 0 bridgehead atoms. The molecule has 0 unspecified atom stereocenters. The van der Waals surface area contributed by atoms with Crippen LogP contribution in [0, 0.1) is 0 Å². The van der Waals surface area contributed by atoms with Crippen molar-refractivity contribution in [2.24, 2.45) is 5.73 Å². The Bertz CT molecular complexity index is 354. The summed E-state index contributed by atoms with van der Waals surface area (Å²) in [6.07, 6.45) is 7.78. The van der Waals surface area contributed by atoms with Crippen LogP contribution < -0.4 is 5.73 Å². The van der Waals surface area contributed by atoms with Crippen LogP contribution in [-0.2, 0) is 0 Å². The molecule has 0 aliphatic carbocycles. The molecular formula is C11H16N4O. The monoisotopic (exact) mass is 220 g/mol. The van der Waals surface area contributed by atoms with Gasteiger partial charge in [0.15, 0.2) is 0 Å². The Morgan fingerprint density at radius 3 is 3.06 bits per heavy atom. The number of aromatic nitrogens is 2. The molecule has 5 nitrogen and oxygen atoms in total. The van der Waals surface area contributed by atoms with Gasteiger partial charge in [-0.05, 0) is 19.3 Å². The van der Waals surface area contributed by atoms with Crippen molar-refractivity contribution in [1.29, 1.82) is 0 Å². The van der Waals surface area contributed by atoms with Gasteiger partial charge in [-0.1, -0.05) is 0 Å². The summed E-state index contributed by atoms with van der Waals surface area (Å²) in [4.78, 5) is 21.9. The highest BCUT2D eigenvalue weighted by molar-refractivity contribution is 5.92. The maximum absolute atomic E-state index is 12.1. The fraction of sp³-hybridized carbons (Fsp3) is 0.545. The second kappa shape index (κ2) is 5.03.